The zero-order valence-corrected chi connectivity index (χ0v) is 21.9. The first kappa shape index (κ1) is 24.4. The Labute approximate surface area is 229 Å². The number of rotatable bonds is 9. The molecule has 0 aromatic carbocycles. The number of anilines is 5. The number of H-pyrrole nitrogens is 1. The number of nitrogens with zero attached hydrogens (tertiary/aromatic N) is 9. The molecule has 5 heterocycles. The van der Waals surface area contributed by atoms with Gasteiger partial charge in [0.15, 0.2) is 11.6 Å². The van der Waals surface area contributed by atoms with E-state index < -0.39 is 6.04 Å². The van der Waals surface area contributed by atoms with Gasteiger partial charge in [0, 0.05) is 62.1 Å². The van der Waals surface area contributed by atoms with E-state index in [1.165, 1.54) is 17.1 Å². The summed E-state index contributed by atoms with van der Waals surface area (Å²) in [6.45, 7) is 0.397. The Hall–Kier alpha value is -4.66. The number of nitrogen functional groups attached to an aromatic ring is 1. The van der Waals surface area contributed by atoms with Crippen LogP contribution in [0.4, 0.5) is 29.4 Å². The minimum Gasteiger partial charge on any atom is -0.383 e. The van der Waals surface area contributed by atoms with Crippen LogP contribution in [-0.4, -0.2) is 76.6 Å². The molecule has 4 aromatic rings. The third kappa shape index (κ3) is 4.90. The van der Waals surface area contributed by atoms with Crippen LogP contribution in [-0.2, 0) is 9.53 Å². The SMILES string of the molecule is CO[C@H]1C[C@@H](C(=O)Nc2cnccn2)N(c2nc(Nc3cc(C4CC4)[nH]n3)nc(-n3nc(C4CC4)cc3N)n2)C1. The highest BCUT2D eigenvalue weighted by molar-refractivity contribution is 5.96. The molecule has 5 N–H and O–H groups in total. The molecule has 2 atom stereocenters. The predicted molar refractivity (Wildman–Crippen MR) is 144 cm³/mol. The van der Waals surface area contributed by atoms with Crippen molar-refractivity contribution in [1.82, 2.24) is 44.9 Å². The number of methoxy groups -OCH3 is 1. The summed E-state index contributed by atoms with van der Waals surface area (Å²) in [5.41, 5.74) is 8.33. The summed E-state index contributed by atoms with van der Waals surface area (Å²) in [7, 11) is 1.62. The van der Waals surface area contributed by atoms with Gasteiger partial charge in [-0.15, -0.1) is 0 Å². The summed E-state index contributed by atoms with van der Waals surface area (Å²) in [6.07, 6.45) is 9.25. The number of nitrogens with two attached hydrogens (primary N) is 1. The van der Waals surface area contributed by atoms with Crippen LogP contribution in [0.25, 0.3) is 5.95 Å². The minimum atomic E-state index is -0.626. The molecular weight excluding hydrogens is 514 g/mol. The predicted octanol–water partition coefficient (Wildman–Crippen LogP) is 1.88. The van der Waals surface area contributed by atoms with E-state index in [-0.39, 0.29) is 29.9 Å². The van der Waals surface area contributed by atoms with Gasteiger partial charge in [-0.2, -0.15) is 29.8 Å². The van der Waals surface area contributed by atoms with Crippen molar-refractivity contribution in [3.05, 3.63) is 42.1 Å². The van der Waals surface area contributed by atoms with Gasteiger partial charge < -0.3 is 26.0 Å². The number of ether oxygens (including phenoxy) is 1. The lowest BCUT2D eigenvalue weighted by Gasteiger charge is -2.24. The second-order valence-corrected chi connectivity index (χ2v) is 10.4. The van der Waals surface area contributed by atoms with E-state index in [9.17, 15) is 4.79 Å². The molecule has 206 valence electrons. The molecule has 15 heteroatoms. The largest absolute Gasteiger partial charge is 0.383 e. The van der Waals surface area contributed by atoms with Gasteiger partial charge in [-0.1, -0.05) is 0 Å². The van der Waals surface area contributed by atoms with Crippen LogP contribution in [0.2, 0.25) is 0 Å². The van der Waals surface area contributed by atoms with Gasteiger partial charge in [0.2, 0.25) is 17.8 Å². The topological polar surface area (TPSA) is 191 Å². The number of hydrogen-bond donors (Lipinski definition) is 4. The van der Waals surface area contributed by atoms with E-state index in [2.05, 4.69) is 40.9 Å². The minimum absolute atomic E-state index is 0.210. The van der Waals surface area contributed by atoms with Gasteiger partial charge in [-0.3, -0.25) is 14.9 Å². The molecule has 2 aliphatic carbocycles. The molecule has 0 unspecified atom stereocenters. The van der Waals surface area contributed by atoms with Gasteiger partial charge >= 0.3 is 0 Å². The van der Waals surface area contributed by atoms with Gasteiger partial charge in [0.1, 0.15) is 11.9 Å². The number of nitrogens with one attached hydrogen (secondary N) is 3. The molecule has 40 heavy (non-hydrogen) atoms. The number of carbonyl (C=O) groups excluding carboxylic acids is 1. The molecule has 7 rings (SSSR count). The average molecular weight is 544 g/mol. The Kier molecular flexibility index (Phi) is 5.99. The van der Waals surface area contributed by atoms with Crippen molar-refractivity contribution in [2.45, 2.75) is 56.1 Å². The Morgan fingerprint density at radius 3 is 2.65 bits per heavy atom. The van der Waals surface area contributed by atoms with Gasteiger partial charge in [-0.05, 0) is 25.7 Å². The highest BCUT2D eigenvalue weighted by atomic mass is 16.5. The Balaban J connectivity index is 1.24. The van der Waals surface area contributed by atoms with Crippen LogP contribution in [0.5, 0.6) is 0 Å². The van der Waals surface area contributed by atoms with E-state index in [1.54, 1.807) is 18.2 Å². The molecule has 4 aromatic heterocycles. The summed E-state index contributed by atoms with van der Waals surface area (Å²) in [4.78, 5) is 37.4. The van der Waals surface area contributed by atoms with Gasteiger partial charge in [0.25, 0.3) is 5.95 Å². The first-order chi connectivity index (χ1) is 19.5. The number of hydrogen-bond acceptors (Lipinski definition) is 12. The van der Waals surface area contributed by atoms with Gasteiger partial charge in [0.05, 0.1) is 18.0 Å². The Bertz CT molecular complexity index is 1530. The highest BCUT2D eigenvalue weighted by Crippen LogP contribution is 2.41. The van der Waals surface area contributed by atoms with E-state index in [0.29, 0.717) is 42.3 Å². The van der Waals surface area contributed by atoms with E-state index in [4.69, 9.17) is 20.4 Å². The maximum atomic E-state index is 13.4. The van der Waals surface area contributed by atoms with E-state index in [0.717, 1.165) is 37.1 Å². The van der Waals surface area contributed by atoms with Crippen LogP contribution in [0.3, 0.4) is 0 Å². The quantitative estimate of drug-likeness (QED) is 0.240. The summed E-state index contributed by atoms with van der Waals surface area (Å²) < 4.78 is 7.15. The van der Waals surface area contributed by atoms with Crippen LogP contribution in [0.15, 0.2) is 30.7 Å². The maximum Gasteiger partial charge on any atom is 0.259 e. The molecule has 0 spiro atoms. The molecule has 15 nitrogen and oxygen atoms in total. The van der Waals surface area contributed by atoms with Crippen molar-refractivity contribution in [2.75, 3.05) is 34.9 Å². The second-order valence-electron chi connectivity index (χ2n) is 10.4. The second kappa shape index (κ2) is 9.82. The molecule has 3 fully saturated rings. The zero-order chi connectivity index (χ0) is 27.2. The van der Waals surface area contributed by atoms with Crippen molar-refractivity contribution >= 4 is 35.3 Å². The van der Waals surface area contributed by atoms with Crippen molar-refractivity contribution < 1.29 is 9.53 Å². The smallest absolute Gasteiger partial charge is 0.259 e. The fraction of sp³-hybridized carbons (Fsp3) is 0.440. The molecule has 0 radical (unpaired) electrons. The molecule has 0 bridgehead atoms. The zero-order valence-electron chi connectivity index (χ0n) is 21.9. The summed E-state index contributed by atoms with van der Waals surface area (Å²) in [5, 5.41) is 18.2. The Morgan fingerprint density at radius 2 is 1.90 bits per heavy atom. The van der Waals surface area contributed by atoms with E-state index >= 15 is 0 Å². The number of aromatic nitrogens is 9. The maximum absolute atomic E-state index is 13.4. The third-order valence-corrected chi connectivity index (χ3v) is 7.38. The normalized spacial score (nSPS) is 20.6. The van der Waals surface area contributed by atoms with Gasteiger partial charge in [-0.25, -0.2) is 4.98 Å². The van der Waals surface area contributed by atoms with Crippen molar-refractivity contribution in [1.29, 1.82) is 0 Å². The first-order valence-electron chi connectivity index (χ1n) is 13.3. The molecule has 1 aliphatic heterocycles. The fourth-order valence-electron chi connectivity index (χ4n) is 4.92. The first-order valence-corrected chi connectivity index (χ1v) is 13.3. The molecular formula is C25H29N13O2. The van der Waals surface area contributed by atoms with Crippen molar-refractivity contribution in [3.8, 4) is 5.95 Å². The number of carbonyl (C=O) groups is 1. The summed E-state index contributed by atoms with van der Waals surface area (Å²) >= 11 is 0. The van der Waals surface area contributed by atoms with Crippen LogP contribution in [0, 0.1) is 0 Å². The standard InChI is InChI=1S/C25H29N13O2/c1-40-15-8-18(22(39)29-21-11-27-6-7-28-21)37(12-15)24-31-23(30-20-10-16(34-35-20)13-2-3-13)32-25(33-24)38-19(26)9-17(36-38)14-4-5-14/h6-7,9-11,13-15,18H,2-5,8,12,26H2,1H3,(H,28,29,39)(H2,30,31,32,33,34,35)/t15-,18-/m0/s1. The molecule has 1 saturated heterocycles. The average Bonchev–Trinajstić information content (AvgIpc) is 3.87. The van der Waals surface area contributed by atoms with E-state index in [1.807, 2.05) is 12.1 Å². The number of amides is 1. The fourth-order valence-corrected chi connectivity index (χ4v) is 4.92. The van der Waals surface area contributed by atoms with Crippen molar-refractivity contribution in [3.63, 3.8) is 0 Å². The van der Waals surface area contributed by atoms with Crippen LogP contribution >= 0.6 is 0 Å². The monoisotopic (exact) mass is 543 g/mol. The molecule has 2 saturated carbocycles. The number of aromatic amines is 1. The van der Waals surface area contributed by atoms with Crippen molar-refractivity contribution in [2.24, 2.45) is 0 Å². The third-order valence-electron chi connectivity index (χ3n) is 7.38. The molecule has 3 aliphatic rings. The van der Waals surface area contributed by atoms with Crippen LogP contribution < -0.4 is 21.3 Å². The lowest BCUT2D eigenvalue weighted by molar-refractivity contribution is -0.117. The lowest BCUT2D eigenvalue weighted by Crippen LogP contribution is -2.41. The highest BCUT2D eigenvalue weighted by Gasteiger charge is 2.39. The Morgan fingerprint density at radius 1 is 1.07 bits per heavy atom. The summed E-state index contributed by atoms with van der Waals surface area (Å²) in [6, 6.07) is 3.19. The molecule has 1 amide bonds. The van der Waals surface area contributed by atoms with Crippen LogP contribution in [0.1, 0.15) is 55.3 Å². The lowest BCUT2D eigenvalue weighted by atomic mass is 10.2. The summed E-state index contributed by atoms with van der Waals surface area (Å²) in [5.74, 6) is 2.80.